The number of hydrogen-bond acceptors (Lipinski definition) is 2. The highest BCUT2D eigenvalue weighted by Crippen LogP contribution is 2.29. The Kier molecular flexibility index (Phi) is 4.51. The summed E-state index contributed by atoms with van der Waals surface area (Å²) in [6.45, 7) is 1.72. The molecule has 1 atom stereocenters. The van der Waals surface area contributed by atoms with Crippen LogP contribution in [0.5, 0.6) is 0 Å². The minimum absolute atomic E-state index is 0.0203. The van der Waals surface area contributed by atoms with Crippen LogP contribution < -0.4 is 5.43 Å². The first-order valence-electron chi connectivity index (χ1n) is 7.78. The summed E-state index contributed by atoms with van der Waals surface area (Å²) in [5, 5.41) is 2.01. The highest BCUT2D eigenvalue weighted by Gasteiger charge is 2.20. The molecule has 3 nitrogen and oxygen atoms in total. The maximum atomic E-state index is 12.1. The number of allylic oxidation sites excluding steroid dienone is 2. The van der Waals surface area contributed by atoms with Crippen molar-refractivity contribution in [1.29, 1.82) is 0 Å². The quantitative estimate of drug-likeness (QED) is 0.863. The Morgan fingerprint density at radius 3 is 2.71 bits per heavy atom. The van der Waals surface area contributed by atoms with Crippen LogP contribution in [0, 0.1) is 5.92 Å². The van der Waals surface area contributed by atoms with Gasteiger partial charge in [-0.25, -0.2) is 5.01 Å². The first-order chi connectivity index (χ1) is 10.3. The second kappa shape index (κ2) is 6.72. The number of nitrogens with one attached hydrogen (secondary N) is 1. The molecule has 0 radical (unpaired) electrons. The average molecular weight is 282 g/mol. The largest absolute Gasteiger partial charge is 0.284 e. The molecule has 21 heavy (non-hydrogen) atoms. The van der Waals surface area contributed by atoms with Gasteiger partial charge in [0, 0.05) is 18.7 Å². The topological polar surface area (TPSA) is 32.3 Å². The Balaban J connectivity index is 1.54. The number of benzene rings is 1. The van der Waals surface area contributed by atoms with Crippen LogP contribution >= 0.6 is 0 Å². The number of rotatable bonds is 3. The lowest BCUT2D eigenvalue weighted by Crippen LogP contribution is -2.44. The zero-order chi connectivity index (χ0) is 14.5. The average Bonchev–Trinajstić information content (AvgIpc) is 2.57. The van der Waals surface area contributed by atoms with Crippen molar-refractivity contribution in [3.63, 3.8) is 0 Å². The Bertz CT molecular complexity index is 548. The van der Waals surface area contributed by atoms with Gasteiger partial charge in [0.25, 0.3) is 5.91 Å². The van der Waals surface area contributed by atoms with Gasteiger partial charge >= 0.3 is 0 Å². The van der Waals surface area contributed by atoms with Crippen molar-refractivity contribution in [2.45, 2.75) is 25.7 Å². The first kappa shape index (κ1) is 14.1. The van der Waals surface area contributed by atoms with E-state index in [-0.39, 0.29) is 5.91 Å². The molecule has 1 N–H and O–H groups in total. The summed E-state index contributed by atoms with van der Waals surface area (Å²) in [6.07, 6.45) is 11.6. The number of nitrogens with zero attached hydrogens (tertiary/aromatic N) is 1. The van der Waals surface area contributed by atoms with Gasteiger partial charge in [0.2, 0.25) is 0 Å². The molecule has 3 heteroatoms. The summed E-state index contributed by atoms with van der Waals surface area (Å²) in [4.78, 5) is 12.1. The van der Waals surface area contributed by atoms with Crippen LogP contribution in [0.1, 0.15) is 36.0 Å². The van der Waals surface area contributed by atoms with Crippen molar-refractivity contribution < 1.29 is 4.79 Å². The molecule has 0 aromatic heterocycles. The van der Waals surface area contributed by atoms with Gasteiger partial charge in [0.15, 0.2) is 0 Å². The summed E-state index contributed by atoms with van der Waals surface area (Å²) in [7, 11) is 0. The molecule has 110 valence electrons. The fraction of sp³-hybridized carbons (Fsp3) is 0.389. The van der Waals surface area contributed by atoms with Crippen molar-refractivity contribution in [3.05, 3.63) is 59.7 Å². The third-order valence-corrected chi connectivity index (χ3v) is 4.33. The minimum atomic E-state index is -0.0203. The summed E-state index contributed by atoms with van der Waals surface area (Å²) in [5.41, 5.74) is 5.28. The fourth-order valence-corrected chi connectivity index (χ4v) is 3.09. The number of amides is 1. The zero-order valence-electron chi connectivity index (χ0n) is 12.3. The lowest BCUT2D eigenvalue weighted by atomic mass is 9.85. The fourth-order valence-electron chi connectivity index (χ4n) is 3.09. The van der Waals surface area contributed by atoms with Crippen molar-refractivity contribution in [2.75, 3.05) is 13.1 Å². The molecular weight excluding hydrogens is 260 g/mol. The molecule has 0 saturated carbocycles. The van der Waals surface area contributed by atoms with Gasteiger partial charge < -0.3 is 0 Å². The van der Waals surface area contributed by atoms with E-state index in [0.717, 1.165) is 25.4 Å². The molecule has 1 aliphatic heterocycles. The van der Waals surface area contributed by atoms with Gasteiger partial charge in [-0.15, -0.1) is 0 Å². The SMILES string of the molecule is O=C(NN1CC=C(C2CC=CCC2)CC1)c1ccccc1. The Morgan fingerprint density at radius 1 is 1.19 bits per heavy atom. The number of hydrazine groups is 1. The van der Waals surface area contributed by atoms with Crippen LogP contribution in [0.25, 0.3) is 0 Å². The predicted octanol–water partition coefficient (Wildman–Crippen LogP) is 3.32. The molecule has 1 aromatic carbocycles. The molecule has 0 spiro atoms. The Hall–Kier alpha value is -1.87. The van der Waals surface area contributed by atoms with E-state index in [1.54, 1.807) is 5.57 Å². The van der Waals surface area contributed by atoms with Gasteiger partial charge in [-0.05, 0) is 43.7 Å². The Labute approximate surface area is 126 Å². The normalized spacial score (nSPS) is 22.7. The van der Waals surface area contributed by atoms with Crippen LogP contribution in [0.4, 0.5) is 0 Å². The van der Waals surface area contributed by atoms with Crippen LogP contribution in [-0.2, 0) is 0 Å². The van der Waals surface area contributed by atoms with E-state index >= 15 is 0 Å². The van der Waals surface area contributed by atoms with Gasteiger partial charge in [0.05, 0.1) is 0 Å². The van der Waals surface area contributed by atoms with E-state index in [1.807, 2.05) is 35.3 Å². The molecule has 2 aliphatic rings. The summed E-state index contributed by atoms with van der Waals surface area (Å²) < 4.78 is 0. The zero-order valence-corrected chi connectivity index (χ0v) is 12.3. The molecular formula is C18H22N2O. The van der Waals surface area contributed by atoms with Crippen molar-refractivity contribution >= 4 is 5.91 Å². The molecule has 0 fully saturated rings. The van der Waals surface area contributed by atoms with Crippen molar-refractivity contribution in [3.8, 4) is 0 Å². The van der Waals surface area contributed by atoms with Crippen LogP contribution in [0.15, 0.2) is 54.1 Å². The lowest BCUT2D eigenvalue weighted by Gasteiger charge is -2.30. The summed E-state index contributed by atoms with van der Waals surface area (Å²) in [6, 6.07) is 9.38. The first-order valence-corrected chi connectivity index (χ1v) is 7.78. The standard InChI is InChI=1S/C18H22N2O/c21-18(17-9-5-2-6-10-17)19-20-13-11-16(12-14-20)15-7-3-1-4-8-15/h1-3,5-6,9-11,15H,4,7-8,12-14H2,(H,19,21). The van der Waals surface area contributed by atoms with Gasteiger partial charge in [-0.2, -0.15) is 0 Å². The van der Waals surface area contributed by atoms with E-state index in [4.69, 9.17) is 0 Å². The van der Waals surface area contributed by atoms with Crippen LogP contribution in [0.3, 0.4) is 0 Å². The highest BCUT2D eigenvalue weighted by molar-refractivity contribution is 5.93. The van der Waals surface area contributed by atoms with Crippen LogP contribution in [0.2, 0.25) is 0 Å². The molecule has 1 aromatic rings. The second-order valence-electron chi connectivity index (χ2n) is 5.76. The molecule has 1 heterocycles. The molecule has 1 aliphatic carbocycles. The van der Waals surface area contributed by atoms with E-state index in [9.17, 15) is 4.79 Å². The smallest absolute Gasteiger partial charge is 0.265 e. The summed E-state index contributed by atoms with van der Waals surface area (Å²) in [5.74, 6) is 0.704. The molecule has 3 rings (SSSR count). The predicted molar refractivity (Wildman–Crippen MR) is 84.7 cm³/mol. The maximum Gasteiger partial charge on any atom is 0.265 e. The maximum absolute atomic E-state index is 12.1. The number of hydrogen-bond donors (Lipinski definition) is 1. The number of carbonyl (C=O) groups is 1. The second-order valence-corrected chi connectivity index (χ2v) is 5.76. The van der Waals surface area contributed by atoms with E-state index in [1.165, 1.54) is 19.3 Å². The van der Waals surface area contributed by atoms with Gasteiger partial charge in [-0.1, -0.05) is 42.0 Å². The number of carbonyl (C=O) groups excluding carboxylic acids is 1. The molecule has 1 unspecified atom stereocenters. The van der Waals surface area contributed by atoms with Gasteiger partial charge in [-0.3, -0.25) is 10.2 Å². The van der Waals surface area contributed by atoms with E-state index in [2.05, 4.69) is 23.7 Å². The van der Waals surface area contributed by atoms with Crippen molar-refractivity contribution in [2.24, 2.45) is 5.92 Å². The third kappa shape index (κ3) is 3.61. The Morgan fingerprint density at radius 2 is 2.05 bits per heavy atom. The van der Waals surface area contributed by atoms with Crippen molar-refractivity contribution in [1.82, 2.24) is 10.4 Å². The minimum Gasteiger partial charge on any atom is -0.284 e. The highest BCUT2D eigenvalue weighted by atomic mass is 16.2. The summed E-state index contributed by atoms with van der Waals surface area (Å²) >= 11 is 0. The molecule has 0 saturated heterocycles. The van der Waals surface area contributed by atoms with E-state index < -0.39 is 0 Å². The lowest BCUT2D eigenvalue weighted by molar-refractivity contribution is 0.0799. The molecule has 0 bridgehead atoms. The third-order valence-electron chi connectivity index (χ3n) is 4.33. The van der Waals surface area contributed by atoms with Gasteiger partial charge in [0.1, 0.15) is 0 Å². The van der Waals surface area contributed by atoms with Crippen LogP contribution in [-0.4, -0.2) is 24.0 Å². The van der Waals surface area contributed by atoms with E-state index in [0.29, 0.717) is 5.56 Å². The molecule has 1 amide bonds. The monoisotopic (exact) mass is 282 g/mol.